The molecule has 180 valence electrons. The van der Waals surface area contributed by atoms with Gasteiger partial charge in [-0.3, -0.25) is 0 Å². The molecular formula is C34H34NO+. The molecule has 1 aromatic heterocycles. The summed E-state index contributed by atoms with van der Waals surface area (Å²) in [6, 6.07) is 20.6. The van der Waals surface area contributed by atoms with Gasteiger partial charge in [0.25, 0.3) is 0 Å². The predicted molar refractivity (Wildman–Crippen MR) is 150 cm³/mol. The third kappa shape index (κ3) is 3.06. The zero-order valence-electron chi connectivity index (χ0n) is 21.8. The van der Waals surface area contributed by atoms with Crippen molar-refractivity contribution in [3.05, 3.63) is 77.5 Å². The zero-order chi connectivity index (χ0) is 24.6. The molecule has 1 fully saturated rings. The van der Waals surface area contributed by atoms with E-state index in [-0.39, 0.29) is 0 Å². The van der Waals surface area contributed by atoms with Crippen molar-refractivity contribution >= 4 is 32.3 Å². The molecule has 7 rings (SSSR count). The number of benzene rings is 4. The summed E-state index contributed by atoms with van der Waals surface area (Å²) >= 11 is 0. The van der Waals surface area contributed by atoms with Crippen molar-refractivity contribution in [2.75, 3.05) is 0 Å². The van der Waals surface area contributed by atoms with Crippen molar-refractivity contribution in [1.82, 2.24) is 0 Å². The lowest BCUT2D eigenvalue weighted by molar-refractivity contribution is -0.659. The quantitative estimate of drug-likeness (QED) is 0.181. The Bertz CT molecular complexity index is 1690. The number of hydrogen-bond acceptors (Lipinski definition) is 1. The number of rotatable bonds is 2. The average Bonchev–Trinajstić information content (AvgIpc) is 2.90. The minimum absolute atomic E-state index is 0.355. The first-order valence-corrected chi connectivity index (χ1v) is 13.7. The van der Waals surface area contributed by atoms with Gasteiger partial charge in [-0.15, -0.1) is 0 Å². The Kier molecular flexibility index (Phi) is 4.90. The van der Waals surface area contributed by atoms with Gasteiger partial charge < -0.3 is 4.74 Å². The van der Waals surface area contributed by atoms with Crippen LogP contribution in [0.5, 0.6) is 11.5 Å². The summed E-state index contributed by atoms with van der Waals surface area (Å²) in [5.41, 5.74) is 6.64. The molecule has 0 atom stereocenters. The van der Waals surface area contributed by atoms with Gasteiger partial charge in [-0.25, -0.2) is 4.57 Å². The molecule has 2 heterocycles. The highest BCUT2D eigenvalue weighted by atomic mass is 16.5. The molecule has 1 aliphatic heterocycles. The minimum Gasteiger partial charge on any atom is -0.455 e. The first-order chi connectivity index (χ1) is 17.5. The molecular weight excluding hydrogens is 438 g/mol. The van der Waals surface area contributed by atoms with Crippen molar-refractivity contribution < 1.29 is 9.30 Å². The molecule has 36 heavy (non-hydrogen) atoms. The Morgan fingerprint density at radius 2 is 1.64 bits per heavy atom. The smallest absolute Gasteiger partial charge is 0.228 e. The maximum absolute atomic E-state index is 6.93. The van der Waals surface area contributed by atoms with Gasteiger partial charge in [0.05, 0.1) is 10.9 Å². The number of fused-ring (bicyclic) bond motifs is 5. The van der Waals surface area contributed by atoms with Crippen LogP contribution in [0.15, 0.2) is 60.8 Å². The van der Waals surface area contributed by atoms with Crippen molar-refractivity contribution in [2.45, 2.75) is 64.7 Å². The topological polar surface area (TPSA) is 13.1 Å². The van der Waals surface area contributed by atoms with Crippen molar-refractivity contribution in [3.8, 4) is 22.8 Å². The van der Waals surface area contributed by atoms with E-state index in [1.165, 1.54) is 92.4 Å². The van der Waals surface area contributed by atoms with Crippen molar-refractivity contribution in [1.29, 1.82) is 0 Å². The van der Waals surface area contributed by atoms with Crippen LogP contribution in [0, 0.1) is 6.92 Å². The van der Waals surface area contributed by atoms with E-state index in [0.717, 1.165) is 11.5 Å². The molecule has 1 saturated carbocycles. The summed E-state index contributed by atoms with van der Waals surface area (Å²) in [4.78, 5) is 0. The van der Waals surface area contributed by atoms with Gasteiger partial charge in [0.1, 0.15) is 18.5 Å². The summed E-state index contributed by atoms with van der Waals surface area (Å²) in [5.74, 6) is 3.08. The number of pyridine rings is 1. The normalized spacial score (nSPS) is 15.6. The number of ether oxygens (including phenoxy) is 1. The van der Waals surface area contributed by atoms with Crippen LogP contribution in [0.25, 0.3) is 43.6 Å². The van der Waals surface area contributed by atoms with Crippen LogP contribution < -0.4 is 9.30 Å². The number of aryl methyl sites for hydroxylation is 2. The molecule has 2 nitrogen and oxygen atoms in total. The fraction of sp³-hybridized carbons (Fsp3) is 0.324. The van der Waals surface area contributed by atoms with Crippen LogP contribution in [-0.4, -0.2) is 0 Å². The molecule has 0 spiro atoms. The van der Waals surface area contributed by atoms with E-state index in [4.69, 9.17) is 4.74 Å². The lowest BCUT2D eigenvalue weighted by Crippen LogP contribution is -2.32. The number of nitrogens with zero attached hydrogens (tertiary/aromatic N) is 1. The summed E-state index contributed by atoms with van der Waals surface area (Å²) < 4.78 is 9.23. The molecule has 1 aliphatic carbocycles. The highest BCUT2D eigenvalue weighted by Gasteiger charge is 2.34. The Labute approximate surface area is 213 Å². The summed E-state index contributed by atoms with van der Waals surface area (Å²) in [6.07, 6.45) is 8.99. The fourth-order valence-electron chi connectivity index (χ4n) is 7.02. The second-order valence-electron chi connectivity index (χ2n) is 11.3. The van der Waals surface area contributed by atoms with Crippen LogP contribution in [-0.2, 0) is 7.05 Å². The fourth-order valence-corrected chi connectivity index (χ4v) is 7.02. The zero-order valence-corrected chi connectivity index (χ0v) is 21.8. The lowest BCUT2D eigenvalue weighted by atomic mass is 9.82. The minimum atomic E-state index is 0.355. The molecule has 2 heteroatoms. The van der Waals surface area contributed by atoms with E-state index in [1.807, 2.05) is 0 Å². The van der Waals surface area contributed by atoms with Crippen LogP contribution in [0.4, 0.5) is 0 Å². The summed E-state index contributed by atoms with van der Waals surface area (Å²) in [7, 11) is 2.18. The molecule has 0 N–H and O–H groups in total. The molecule has 4 aromatic carbocycles. The second-order valence-corrected chi connectivity index (χ2v) is 11.3. The van der Waals surface area contributed by atoms with Gasteiger partial charge in [-0.05, 0) is 70.3 Å². The van der Waals surface area contributed by atoms with Crippen molar-refractivity contribution in [3.63, 3.8) is 0 Å². The largest absolute Gasteiger partial charge is 0.455 e. The monoisotopic (exact) mass is 472 g/mol. The van der Waals surface area contributed by atoms with Crippen molar-refractivity contribution in [2.24, 2.45) is 7.05 Å². The summed E-state index contributed by atoms with van der Waals surface area (Å²) in [6.45, 7) is 6.83. The van der Waals surface area contributed by atoms with Crippen LogP contribution >= 0.6 is 0 Å². The molecule has 0 radical (unpaired) electrons. The Morgan fingerprint density at radius 3 is 2.42 bits per heavy atom. The third-order valence-electron chi connectivity index (χ3n) is 8.79. The molecule has 0 bridgehead atoms. The van der Waals surface area contributed by atoms with E-state index in [1.54, 1.807) is 0 Å². The number of hydrogen-bond donors (Lipinski definition) is 0. The highest BCUT2D eigenvalue weighted by Crippen LogP contribution is 2.53. The van der Waals surface area contributed by atoms with E-state index >= 15 is 0 Å². The van der Waals surface area contributed by atoms with Gasteiger partial charge >= 0.3 is 0 Å². The van der Waals surface area contributed by atoms with Crippen LogP contribution in [0.1, 0.15) is 74.5 Å². The predicted octanol–water partition coefficient (Wildman–Crippen LogP) is 9.22. The van der Waals surface area contributed by atoms with E-state index in [2.05, 4.69) is 93.2 Å². The van der Waals surface area contributed by atoms with Gasteiger partial charge in [0.2, 0.25) is 5.69 Å². The lowest BCUT2D eigenvalue weighted by Gasteiger charge is -2.27. The maximum Gasteiger partial charge on any atom is 0.228 e. The van der Waals surface area contributed by atoms with Gasteiger partial charge in [0, 0.05) is 17.0 Å². The van der Waals surface area contributed by atoms with Gasteiger partial charge in [-0.2, -0.15) is 0 Å². The number of aromatic nitrogens is 1. The van der Waals surface area contributed by atoms with E-state index in [0.29, 0.717) is 11.8 Å². The van der Waals surface area contributed by atoms with E-state index in [9.17, 15) is 0 Å². The molecule has 0 unspecified atom stereocenters. The Hall–Kier alpha value is -3.39. The van der Waals surface area contributed by atoms with Crippen LogP contribution in [0.2, 0.25) is 0 Å². The van der Waals surface area contributed by atoms with Crippen LogP contribution in [0.3, 0.4) is 0 Å². The maximum atomic E-state index is 6.93. The SMILES string of the molecule is Cc1c2c(c(C(C)C)c3ccccc13)Oc1cc3ccc(C4CCCCC4)cc3c3cc[n+](C)c-2c13. The third-order valence-corrected chi connectivity index (χ3v) is 8.79. The Balaban J connectivity index is 1.57. The first-order valence-electron chi connectivity index (χ1n) is 13.7. The Morgan fingerprint density at radius 1 is 0.861 bits per heavy atom. The standard InChI is InChI=1S/C34H34NO/c1-20(2)30-26-13-9-8-12-25(26)21(3)31-33-32-27(16-17-35(33)4)28-18-23(22-10-6-5-7-11-22)14-15-24(28)19-29(32)36-34(30)31/h8-9,12-20,22H,5-7,10-11H2,1-4H3/q+1. The average molecular weight is 473 g/mol. The van der Waals surface area contributed by atoms with Gasteiger partial charge in [0.15, 0.2) is 6.20 Å². The molecule has 0 amide bonds. The summed E-state index contributed by atoms with van der Waals surface area (Å²) in [5, 5.41) is 7.80. The first kappa shape index (κ1) is 21.9. The highest BCUT2D eigenvalue weighted by molar-refractivity contribution is 6.16. The molecule has 2 aliphatic rings. The second kappa shape index (κ2) is 8.06. The molecule has 5 aromatic rings. The van der Waals surface area contributed by atoms with E-state index < -0.39 is 0 Å². The molecule has 0 saturated heterocycles. The van der Waals surface area contributed by atoms with Gasteiger partial charge in [-0.1, -0.05) is 75.6 Å².